The van der Waals surface area contributed by atoms with Crippen molar-refractivity contribution in [3.05, 3.63) is 0 Å². The average Bonchev–Trinajstić information content (AvgIpc) is 2.68. The molecular weight excluding hydrogens is 188 g/mol. The first kappa shape index (κ1) is 12.5. The molecule has 0 bridgehead atoms. The number of hydrogen-bond donors (Lipinski definition) is 1. The van der Waals surface area contributed by atoms with Gasteiger partial charge in [0, 0.05) is 12.6 Å². The summed E-state index contributed by atoms with van der Waals surface area (Å²) in [5.74, 6) is 0.739. The molecule has 1 aliphatic rings. The van der Waals surface area contributed by atoms with E-state index in [1.165, 1.54) is 25.7 Å². The van der Waals surface area contributed by atoms with Gasteiger partial charge in [0.2, 0.25) is 0 Å². The van der Waals surface area contributed by atoms with Gasteiger partial charge in [0.1, 0.15) is 6.04 Å². The normalized spacial score (nSPS) is 19.3. The van der Waals surface area contributed by atoms with Crippen LogP contribution in [-0.4, -0.2) is 25.3 Å². The number of nitrogens with one attached hydrogen (secondary N) is 1. The smallest absolute Gasteiger partial charge is 0.119 e. The van der Waals surface area contributed by atoms with Gasteiger partial charge in [-0.05, 0) is 32.6 Å². The summed E-state index contributed by atoms with van der Waals surface area (Å²) in [7, 11) is 0. The van der Waals surface area contributed by atoms with E-state index in [1.807, 2.05) is 13.8 Å². The monoisotopic (exact) mass is 210 g/mol. The van der Waals surface area contributed by atoms with E-state index in [2.05, 4.69) is 11.4 Å². The van der Waals surface area contributed by atoms with Gasteiger partial charge in [0.25, 0.3) is 0 Å². The second-order valence-electron chi connectivity index (χ2n) is 4.69. The van der Waals surface area contributed by atoms with Crippen LogP contribution in [0.5, 0.6) is 0 Å². The second kappa shape index (κ2) is 6.81. The van der Waals surface area contributed by atoms with E-state index in [0.29, 0.717) is 12.6 Å². The Morgan fingerprint density at radius 2 is 2.07 bits per heavy atom. The lowest BCUT2D eigenvalue weighted by molar-refractivity contribution is 0.0910. The molecule has 0 saturated heterocycles. The van der Waals surface area contributed by atoms with E-state index >= 15 is 0 Å². The van der Waals surface area contributed by atoms with Crippen molar-refractivity contribution < 1.29 is 4.74 Å². The predicted octanol–water partition coefficient (Wildman–Crippen LogP) is 2.08. The quantitative estimate of drug-likeness (QED) is 0.730. The average molecular weight is 210 g/mol. The first-order valence-electron chi connectivity index (χ1n) is 5.95. The molecule has 1 aliphatic carbocycles. The van der Waals surface area contributed by atoms with Gasteiger partial charge in [0.05, 0.1) is 12.7 Å². The SMILES string of the molecule is CC(C)NC(C#N)COCC1CCCC1. The molecule has 0 aromatic carbocycles. The summed E-state index contributed by atoms with van der Waals surface area (Å²) in [6, 6.07) is 2.40. The summed E-state index contributed by atoms with van der Waals surface area (Å²) in [5.41, 5.74) is 0. The maximum atomic E-state index is 8.87. The molecule has 1 saturated carbocycles. The predicted molar refractivity (Wildman–Crippen MR) is 60.4 cm³/mol. The van der Waals surface area contributed by atoms with Crippen molar-refractivity contribution in [2.75, 3.05) is 13.2 Å². The fourth-order valence-corrected chi connectivity index (χ4v) is 2.05. The van der Waals surface area contributed by atoms with Crippen molar-refractivity contribution >= 4 is 0 Å². The largest absolute Gasteiger partial charge is 0.378 e. The van der Waals surface area contributed by atoms with Crippen LogP contribution < -0.4 is 5.32 Å². The van der Waals surface area contributed by atoms with Crippen LogP contribution in [0.3, 0.4) is 0 Å². The molecule has 1 unspecified atom stereocenters. The van der Waals surface area contributed by atoms with Crippen molar-refractivity contribution in [2.24, 2.45) is 5.92 Å². The van der Waals surface area contributed by atoms with Crippen LogP contribution in [-0.2, 0) is 4.74 Å². The molecule has 0 spiro atoms. The Bertz CT molecular complexity index is 204. The Morgan fingerprint density at radius 3 is 2.60 bits per heavy atom. The van der Waals surface area contributed by atoms with Crippen LogP contribution in [0.25, 0.3) is 0 Å². The molecule has 1 rings (SSSR count). The van der Waals surface area contributed by atoms with Crippen LogP contribution in [0.15, 0.2) is 0 Å². The molecule has 86 valence electrons. The van der Waals surface area contributed by atoms with Gasteiger partial charge < -0.3 is 4.74 Å². The zero-order valence-corrected chi connectivity index (χ0v) is 9.83. The van der Waals surface area contributed by atoms with Gasteiger partial charge in [-0.15, -0.1) is 0 Å². The number of nitriles is 1. The van der Waals surface area contributed by atoms with Crippen molar-refractivity contribution in [2.45, 2.75) is 51.6 Å². The minimum atomic E-state index is -0.161. The minimum Gasteiger partial charge on any atom is -0.378 e. The summed E-state index contributed by atoms with van der Waals surface area (Å²) in [5, 5.41) is 12.0. The zero-order chi connectivity index (χ0) is 11.1. The Morgan fingerprint density at radius 1 is 1.40 bits per heavy atom. The molecular formula is C12H22N2O. The van der Waals surface area contributed by atoms with Crippen LogP contribution in [0.2, 0.25) is 0 Å². The molecule has 15 heavy (non-hydrogen) atoms. The maximum Gasteiger partial charge on any atom is 0.119 e. The van der Waals surface area contributed by atoms with Crippen LogP contribution in [0.4, 0.5) is 0 Å². The van der Waals surface area contributed by atoms with Crippen LogP contribution >= 0.6 is 0 Å². The Balaban J connectivity index is 2.08. The molecule has 1 atom stereocenters. The molecule has 1 N–H and O–H groups in total. The number of hydrogen-bond acceptors (Lipinski definition) is 3. The molecule has 0 amide bonds. The number of rotatable bonds is 6. The van der Waals surface area contributed by atoms with E-state index < -0.39 is 0 Å². The maximum absolute atomic E-state index is 8.87. The summed E-state index contributed by atoms with van der Waals surface area (Å²) in [4.78, 5) is 0. The highest BCUT2D eigenvalue weighted by Gasteiger charge is 2.16. The molecule has 0 aliphatic heterocycles. The lowest BCUT2D eigenvalue weighted by atomic mass is 10.1. The molecule has 0 aromatic rings. The van der Waals surface area contributed by atoms with Crippen molar-refractivity contribution in [3.8, 4) is 6.07 Å². The van der Waals surface area contributed by atoms with E-state index in [-0.39, 0.29) is 6.04 Å². The van der Waals surface area contributed by atoms with Gasteiger partial charge in [-0.1, -0.05) is 12.8 Å². The highest BCUT2D eigenvalue weighted by atomic mass is 16.5. The number of nitrogens with zero attached hydrogens (tertiary/aromatic N) is 1. The Labute approximate surface area is 92.8 Å². The van der Waals surface area contributed by atoms with Crippen LogP contribution in [0.1, 0.15) is 39.5 Å². The second-order valence-corrected chi connectivity index (χ2v) is 4.69. The van der Waals surface area contributed by atoms with Crippen molar-refractivity contribution in [1.82, 2.24) is 5.32 Å². The lowest BCUT2D eigenvalue weighted by Crippen LogP contribution is -2.37. The molecule has 1 fully saturated rings. The third-order valence-corrected chi connectivity index (χ3v) is 2.80. The van der Waals surface area contributed by atoms with Crippen LogP contribution in [0, 0.1) is 17.2 Å². The van der Waals surface area contributed by atoms with Gasteiger partial charge in [0.15, 0.2) is 0 Å². The summed E-state index contributed by atoms with van der Waals surface area (Å²) >= 11 is 0. The van der Waals surface area contributed by atoms with Gasteiger partial charge >= 0.3 is 0 Å². The number of ether oxygens (including phenoxy) is 1. The first-order chi connectivity index (χ1) is 7.22. The van der Waals surface area contributed by atoms with E-state index in [4.69, 9.17) is 10.00 Å². The minimum absolute atomic E-state index is 0.161. The fourth-order valence-electron chi connectivity index (χ4n) is 2.05. The van der Waals surface area contributed by atoms with E-state index in [1.54, 1.807) is 0 Å². The third-order valence-electron chi connectivity index (χ3n) is 2.80. The fraction of sp³-hybridized carbons (Fsp3) is 0.917. The van der Waals surface area contributed by atoms with Crippen molar-refractivity contribution in [1.29, 1.82) is 5.26 Å². The topological polar surface area (TPSA) is 45.0 Å². The lowest BCUT2D eigenvalue weighted by Gasteiger charge is -2.16. The zero-order valence-electron chi connectivity index (χ0n) is 9.83. The van der Waals surface area contributed by atoms with Gasteiger partial charge in [-0.2, -0.15) is 5.26 Å². The summed E-state index contributed by atoms with van der Waals surface area (Å²) < 4.78 is 5.59. The summed E-state index contributed by atoms with van der Waals surface area (Å²) in [6.07, 6.45) is 5.30. The molecule has 0 heterocycles. The third kappa shape index (κ3) is 5.15. The molecule has 0 radical (unpaired) electrons. The van der Waals surface area contributed by atoms with Crippen molar-refractivity contribution in [3.63, 3.8) is 0 Å². The Hall–Kier alpha value is -0.590. The first-order valence-corrected chi connectivity index (χ1v) is 5.95. The molecule has 3 heteroatoms. The highest BCUT2D eigenvalue weighted by Crippen LogP contribution is 2.24. The summed E-state index contributed by atoms with van der Waals surface area (Å²) in [6.45, 7) is 5.44. The van der Waals surface area contributed by atoms with Gasteiger partial charge in [-0.3, -0.25) is 5.32 Å². The van der Waals surface area contributed by atoms with E-state index in [9.17, 15) is 0 Å². The molecule has 3 nitrogen and oxygen atoms in total. The van der Waals surface area contributed by atoms with E-state index in [0.717, 1.165) is 12.5 Å². The standard InChI is InChI=1S/C12H22N2O/c1-10(2)14-12(7-13)9-15-8-11-5-3-4-6-11/h10-12,14H,3-6,8-9H2,1-2H3. The van der Waals surface area contributed by atoms with Gasteiger partial charge in [-0.25, -0.2) is 0 Å². The highest BCUT2D eigenvalue weighted by molar-refractivity contribution is 4.90. The molecule has 0 aromatic heterocycles. The Kier molecular flexibility index (Phi) is 5.67.